The molecule has 0 bridgehead atoms. The van der Waals surface area contributed by atoms with Crippen LogP contribution in [-0.2, 0) is 0 Å². The van der Waals surface area contributed by atoms with E-state index in [1.165, 1.54) is 0 Å². The summed E-state index contributed by atoms with van der Waals surface area (Å²) in [6.45, 7) is 0. The van der Waals surface area contributed by atoms with E-state index in [0.717, 1.165) is 22.6 Å². The van der Waals surface area contributed by atoms with E-state index >= 15 is 0 Å². The van der Waals surface area contributed by atoms with Gasteiger partial charge in [-0.05, 0) is 48.5 Å². The first kappa shape index (κ1) is 19.1. The lowest BCUT2D eigenvalue weighted by Gasteiger charge is -2.21. The highest BCUT2D eigenvalue weighted by Crippen LogP contribution is 2.43. The zero-order chi connectivity index (χ0) is 20.5. The predicted molar refractivity (Wildman–Crippen MR) is 120 cm³/mol. The second-order valence-electron chi connectivity index (χ2n) is 7.01. The molecule has 4 nitrogen and oxygen atoms in total. The number of rotatable bonds is 4. The zero-order valence-electron chi connectivity index (χ0n) is 16.5. The first-order valence-corrected chi connectivity index (χ1v) is 9.64. The van der Waals surface area contributed by atoms with E-state index in [1.807, 2.05) is 84.6 Å². The summed E-state index contributed by atoms with van der Waals surface area (Å²) in [6, 6.07) is 21.1. The average Bonchev–Trinajstić information content (AvgIpc) is 2.99. The van der Waals surface area contributed by atoms with Crippen molar-refractivity contribution >= 4 is 40.5 Å². The number of nitrogens with zero attached hydrogens (tertiary/aromatic N) is 2. The Morgan fingerprint density at radius 3 is 2.45 bits per heavy atom. The lowest BCUT2D eigenvalue weighted by atomic mass is 10.1. The molecule has 5 heteroatoms. The highest BCUT2D eigenvalue weighted by atomic mass is 35.5. The Labute approximate surface area is 175 Å². The van der Waals surface area contributed by atoms with Crippen molar-refractivity contribution < 1.29 is 9.53 Å². The van der Waals surface area contributed by atoms with Gasteiger partial charge in [0.2, 0.25) is 5.78 Å². The van der Waals surface area contributed by atoms with Gasteiger partial charge < -0.3 is 14.5 Å². The number of carbonyl (C=O) groups excluding carboxylic acids is 1. The maximum Gasteiger partial charge on any atom is 0.211 e. The number of methoxy groups -OCH3 is 1. The van der Waals surface area contributed by atoms with Gasteiger partial charge in [-0.1, -0.05) is 29.8 Å². The highest BCUT2D eigenvalue weighted by molar-refractivity contribution is 6.32. The summed E-state index contributed by atoms with van der Waals surface area (Å²) >= 11 is 6.24. The van der Waals surface area contributed by atoms with Gasteiger partial charge in [0, 0.05) is 47.7 Å². The Bertz CT molecular complexity index is 1110. The number of hydrogen-bond donors (Lipinski definition) is 0. The van der Waals surface area contributed by atoms with Crippen molar-refractivity contribution in [2.75, 3.05) is 31.0 Å². The summed E-state index contributed by atoms with van der Waals surface area (Å²) in [5.74, 6) is 0.665. The maximum absolute atomic E-state index is 13.3. The highest BCUT2D eigenvalue weighted by Gasteiger charge is 2.33. The van der Waals surface area contributed by atoms with Gasteiger partial charge >= 0.3 is 0 Å². The quantitative estimate of drug-likeness (QED) is 0.515. The van der Waals surface area contributed by atoms with E-state index in [2.05, 4.69) is 0 Å². The summed E-state index contributed by atoms with van der Waals surface area (Å²) in [4.78, 5) is 17.2. The maximum atomic E-state index is 13.3. The van der Waals surface area contributed by atoms with Crippen molar-refractivity contribution in [3.63, 3.8) is 0 Å². The summed E-state index contributed by atoms with van der Waals surface area (Å²) in [5, 5.41) is 0.589. The number of ketones is 1. The van der Waals surface area contributed by atoms with Crippen molar-refractivity contribution in [3.8, 4) is 5.75 Å². The molecule has 1 heterocycles. The van der Waals surface area contributed by atoms with Crippen LogP contribution >= 0.6 is 11.6 Å². The van der Waals surface area contributed by atoms with Crippen molar-refractivity contribution in [1.29, 1.82) is 0 Å². The third-order valence-corrected chi connectivity index (χ3v) is 5.19. The van der Waals surface area contributed by atoms with Gasteiger partial charge in [0.1, 0.15) is 5.75 Å². The minimum atomic E-state index is -0.0424. The molecule has 0 fully saturated rings. The molecule has 0 N–H and O–H groups in total. The molecule has 0 saturated heterocycles. The summed E-state index contributed by atoms with van der Waals surface area (Å²) < 4.78 is 5.60. The molecule has 1 aliphatic heterocycles. The van der Waals surface area contributed by atoms with Gasteiger partial charge in [-0.3, -0.25) is 4.79 Å². The number of ether oxygens (including phenoxy) is 1. The lowest BCUT2D eigenvalue weighted by molar-refractivity contribution is 0.104. The average molecular weight is 405 g/mol. The molecule has 0 radical (unpaired) electrons. The standard InChI is InChI=1S/C24H21ClN2O2/c1-26(2)19-11-9-16(23(15-19)29-3)13-22-24(28)20-12-10-17(25)14-21(20)27(22)18-7-5-4-6-8-18/h4-15H,1-3H3/b22-13-. The molecule has 0 amide bonds. The number of Topliss-reactive ketones (excluding diaryl/α,β-unsaturated/α-hetero) is 1. The van der Waals surface area contributed by atoms with Gasteiger partial charge in [-0.2, -0.15) is 0 Å². The number of allylic oxidation sites excluding steroid dienone is 1. The first-order valence-electron chi connectivity index (χ1n) is 9.26. The van der Waals surface area contributed by atoms with Gasteiger partial charge in [0.25, 0.3) is 0 Å². The molecule has 4 rings (SSSR count). The molecule has 0 spiro atoms. The smallest absolute Gasteiger partial charge is 0.211 e. The molecule has 0 aliphatic carbocycles. The van der Waals surface area contributed by atoms with Crippen LogP contribution in [0.2, 0.25) is 5.02 Å². The zero-order valence-corrected chi connectivity index (χ0v) is 17.3. The monoisotopic (exact) mass is 404 g/mol. The minimum absolute atomic E-state index is 0.0424. The summed E-state index contributed by atoms with van der Waals surface area (Å²) in [5.41, 5.74) is 4.73. The van der Waals surface area contributed by atoms with Crippen LogP contribution < -0.4 is 14.5 Å². The van der Waals surface area contributed by atoms with E-state index in [9.17, 15) is 4.79 Å². The van der Waals surface area contributed by atoms with Crippen LogP contribution in [0.1, 0.15) is 15.9 Å². The third kappa shape index (κ3) is 3.47. The van der Waals surface area contributed by atoms with Crippen LogP contribution in [0, 0.1) is 0 Å². The molecule has 146 valence electrons. The van der Waals surface area contributed by atoms with Crippen LogP contribution in [0.25, 0.3) is 6.08 Å². The molecule has 0 aromatic heterocycles. The lowest BCUT2D eigenvalue weighted by Crippen LogP contribution is -2.14. The van der Waals surface area contributed by atoms with Crippen LogP contribution in [0.4, 0.5) is 17.1 Å². The number of para-hydroxylation sites is 1. The van der Waals surface area contributed by atoms with E-state index < -0.39 is 0 Å². The molecule has 0 saturated carbocycles. The molecule has 29 heavy (non-hydrogen) atoms. The second kappa shape index (κ2) is 7.64. The fraction of sp³-hybridized carbons (Fsp3) is 0.125. The van der Waals surface area contributed by atoms with E-state index in [1.54, 1.807) is 19.2 Å². The van der Waals surface area contributed by atoms with Gasteiger partial charge in [0.15, 0.2) is 0 Å². The fourth-order valence-corrected chi connectivity index (χ4v) is 3.65. The largest absolute Gasteiger partial charge is 0.496 e. The van der Waals surface area contributed by atoms with Gasteiger partial charge in [0.05, 0.1) is 18.5 Å². The predicted octanol–water partition coefficient (Wildman–Crippen LogP) is 5.79. The first-order chi connectivity index (χ1) is 14.0. The molecule has 3 aromatic rings. The topological polar surface area (TPSA) is 32.8 Å². The van der Waals surface area contributed by atoms with Gasteiger partial charge in [-0.25, -0.2) is 0 Å². The van der Waals surface area contributed by atoms with Crippen molar-refractivity contribution in [3.05, 3.63) is 88.6 Å². The Balaban J connectivity index is 1.89. The Kier molecular flexibility index (Phi) is 5.03. The normalized spacial score (nSPS) is 14.3. The van der Waals surface area contributed by atoms with E-state index in [4.69, 9.17) is 16.3 Å². The number of fused-ring (bicyclic) bond motifs is 1. The number of benzene rings is 3. The molecular weight excluding hydrogens is 384 g/mol. The molecular formula is C24H21ClN2O2. The van der Waals surface area contributed by atoms with Crippen LogP contribution in [-0.4, -0.2) is 27.0 Å². The van der Waals surface area contributed by atoms with Crippen LogP contribution in [0.5, 0.6) is 5.75 Å². The summed E-state index contributed by atoms with van der Waals surface area (Å²) in [7, 11) is 5.59. The number of carbonyl (C=O) groups is 1. The van der Waals surface area contributed by atoms with Crippen LogP contribution in [0.3, 0.4) is 0 Å². The van der Waals surface area contributed by atoms with Gasteiger partial charge in [-0.15, -0.1) is 0 Å². The van der Waals surface area contributed by atoms with Crippen molar-refractivity contribution in [2.45, 2.75) is 0 Å². The second-order valence-corrected chi connectivity index (χ2v) is 7.45. The van der Waals surface area contributed by atoms with Crippen molar-refractivity contribution in [1.82, 2.24) is 0 Å². The van der Waals surface area contributed by atoms with Crippen LogP contribution in [0.15, 0.2) is 72.4 Å². The van der Waals surface area contributed by atoms with E-state index in [0.29, 0.717) is 22.0 Å². The molecule has 3 aromatic carbocycles. The molecule has 1 aliphatic rings. The van der Waals surface area contributed by atoms with E-state index in [-0.39, 0.29) is 5.78 Å². The third-order valence-electron chi connectivity index (χ3n) is 4.96. The Hall–Kier alpha value is -3.24. The fourth-order valence-electron chi connectivity index (χ4n) is 3.48. The minimum Gasteiger partial charge on any atom is -0.496 e. The summed E-state index contributed by atoms with van der Waals surface area (Å²) in [6.07, 6.45) is 1.88. The van der Waals surface area contributed by atoms with Crippen molar-refractivity contribution in [2.24, 2.45) is 0 Å². The number of hydrogen-bond acceptors (Lipinski definition) is 4. The number of anilines is 3. The molecule has 0 unspecified atom stereocenters. The molecule has 0 atom stereocenters. The SMILES string of the molecule is COc1cc(N(C)C)ccc1/C=C1/C(=O)c2ccc(Cl)cc2N1c1ccccc1. The Morgan fingerprint density at radius 1 is 1.00 bits per heavy atom. The Morgan fingerprint density at radius 2 is 1.76 bits per heavy atom. The number of halogens is 1.